The molecule has 0 aromatic carbocycles. The summed E-state index contributed by atoms with van der Waals surface area (Å²) in [7, 11) is 0. The summed E-state index contributed by atoms with van der Waals surface area (Å²) in [6.07, 6.45) is 0.278. The van der Waals surface area contributed by atoms with Crippen LogP contribution in [-0.2, 0) is 14.2 Å². The van der Waals surface area contributed by atoms with Crippen molar-refractivity contribution >= 4 is 0 Å². The van der Waals surface area contributed by atoms with Gasteiger partial charge in [-0.3, -0.25) is 0 Å². The second-order valence-electron chi connectivity index (χ2n) is 3.33. The first kappa shape index (κ1) is 15.5. The SMILES string of the molecule is C=CCOCC(O)COCC(O)COCC. The molecule has 0 spiro atoms. The fourth-order valence-electron chi connectivity index (χ4n) is 0.978. The summed E-state index contributed by atoms with van der Waals surface area (Å²) >= 11 is 0. The minimum atomic E-state index is -0.681. The first-order chi connectivity index (χ1) is 7.70. The van der Waals surface area contributed by atoms with Crippen LogP contribution < -0.4 is 0 Å². The van der Waals surface area contributed by atoms with Crippen LogP contribution in [0.4, 0.5) is 0 Å². The van der Waals surface area contributed by atoms with Gasteiger partial charge in [0.05, 0.1) is 33.0 Å². The molecule has 0 bridgehead atoms. The predicted octanol–water partition coefficient (Wildman–Crippen LogP) is -0.0361. The summed E-state index contributed by atoms with van der Waals surface area (Å²) in [5, 5.41) is 18.7. The molecule has 96 valence electrons. The van der Waals surface area contributed by atoms with Crippen LogP contribution in [0.15, 0.2) is 12.7 Å². The molecule has 0 saturated heterocycles. The molecule has 16 heavy (non-hydrogen) atoms. The van der Waals surface area contributed by atoms with Crippen molar-refractivity contribution < 1.29 is 24.4 Å². The quantitative estimate of drug-likeness (QED) is 0.388. The summed E-state index contributed by atoms with van der Waals surface area (Å²) in [6.45, 7) is 7.06. The molecule has 0 heterocycles. The van der Waals surface area contributed by atoms with Gasteiger partial charge in [0.1, 0.15) is 12.2 Å². The zero-order valence-corrected chi connectivity index (χ0v) is 9.80. The third-order valence-electron chi connectivity index (χ3n) is 1.68. The number of aliphatic hydroxyl groups excluding tert-OH is 2. The normalized spacial score (nSPS) is 14.7. The molecule has 0 saturated carbocycles. The maximum atomic E-state index is 9.37. The van der Waals surface area contributed by atoms with E-state index in [0.29, 0.717) is 13.2 Å². The van der Waals surface area contributed by atoms with E-state index in [1.54, 1.807) is 6.08 Å². The zero-order chi connectivity index (χ0) is 12.2. The van der Waals surface area contributed by atoms with E-state index >= 15 is 0 Å². The van der Waals surface area contributed by atoms with E-state index in [1.165, 1.54) is 0 Å². The third-order valence-corrected chi connectivity index (χ3v) is 1.68. The standard InChI is InChI=1S/C11H22O5/c1-3-5-15-7-11(13)9-16-8-10(12)6-14-4-2/h3,10-13H,1,4-9H2,2H3. The van der Waals surface area contributed by atoms with E-state index < -0.39 is 12.2 Å². The Hall–Kier alpha value is -0.460. The van der Waals surface area contributed by atoms with Gasteiger partial charge in [-0.2, -0.15) is 0 Å². The summed E-state index contributed by atoms with van der Waals surface area (Å²) in [5.74, 6) is 0. The Balaban J connectivity index is 3.31. The summed E-state index contributed by atoms with van der Waals surface area (Å²) in [5.41, 5.74) is 0. The maximum absolute atomic E-state index is 9.37. The van der Waals surface area contributed by atoms with Crippen LogP contribution in [0.25, 0.3) is 0 Å². The number of hydrogen-bond donors (Lipinski definition) is 2. The summed E-state index contributed by atoms with van der Waals surface area (Å²) in [4.78, 5) is 0. The van der Waals surface area contributed by atoms with E-state index in [1.807, 2.05) is 6.92 Å². The largest absolute Gasteiger partial charge is 0.388 e. The van der Waals surface area contributed by atoms with E-state index in [9.17, 15) is 10.2 Å². The molecule has 0 amide bonds. The van der Waals surface area contributed by atoms with Crippen molar-refractivity contribution in [3.63, 3.8) is 0 Å². The van der Waals surface area contributed by atoms with Gasteiger partial charge >= 0.3 is 0 Å². The summed E-state index contributed by atoms with van der Waals surface area (Å²) in [6, 6.07) is 0. The summed E-state index contributed by atoms with van der Waals surface area (Å²) < 4.78 is 15.1. The molecule has 0 radical (unpaired) electrons. The molecular weight excluding hydrogens is 212 g/mol. The molecule has 2 N–H and O–H groups in total. The molecule has 0 aliphatic rings. The molecule has 0 aliphatic carbocycles. The Morgan fingerprint density at radius 2 is 1.50 bits per heavy atom. The van der Waals surface area contributed by atoms with Gasteiger partial charge < -0.3 is 24.4 Å². The minimum Gasteiger partial charge on any atom is -0.388 e. The van der Waals surface area contributed by atoms with Gasteiger partial charge in [-0.05, 0) is 6.92 Å². The third kappa shape index (κ3) is 10.1. The molecule has 5 nitrogen and oxygen atoms in total. The molecule has 2 unspecified atom stereocenters. The Bertz CT molecular complexity index is 162. The van der Waals surface area contributed by atoms with Crippen molar-refractivity contribution in [3.05, 3.63) is 12.7 Å². The second-order valence-corrected chi connectivity index (χ2v) is 3.33. The Morgan fingerprint density at radius 1 is 1.00 bits per heavy atom. The maximum Gasteiger partial charge on any atom is 0.101 e. The monoisotopic (exact) mass is 234 g/mol. The lowest BCUT2D eigenvalue weighted by Crippen LogP contribution is -2.27. The molecule has 0 aromatic heterocycles. The fraction of sp³-hybridized carbons (Fsp3) is 0.818. The average molecular weight is 234 g/mol. The lowest BCUT2D eigenvalue weighted by atomic mass is 10.4. The highest BCUT2D eigenvalue weighted by Gasteiger charge is 2.07. The topological polar surface area (TPSA) is 68.2 Å². The van der Waals surface area contributed by atoms with Crippen molar-refractivity contribution in [1.29, 1.82) is 0 Å². The van der Waals surface area contributed by atoms with Gasteiger partial charge in [-0.25, -0.2) is 0 Å². The van der Waals surface area contributed by atoms with Crippen LogP contribution in [0.3, 0.4) is 0 Å². The minimum absolute atomic E-state index is 0.139. The van der Waals surface area contributed by atoms with E-state index in [2.05, 4.69) is 6.58 Å². The zero-order valence-electron chi connectivity index (χ0n) is 9.80. The highest BCUT2D eigenvalue weighted by molar-refractivity contribution is 4.64. The molecule has 0 rings (SSSR count). The Morgan fingerprint density at radius 3 is 2.00 bits per heavy atom. The first-order valence-corrected chi connectivity index (χ1v) is 5.41. The lowest BCUT2D eigenvalue weighted by molar-refractivity contribution is -0.0530. The Kier molecular flexibility index (Phi) is 10.7. The fourth-order valence-corrected chi connectivity index (χ4v) is 0.978. The molecule has 0 aliphatic heterocycles. The van der Waals surface area contributed by atoms with E-state index in [-0.39, 0.29) is 26.4 Å². The van der Waals surface area contributed by atoms with Gasteiger partial charge in [0.25, 0.3) is 0 Å². The number of hydrogen-bond acceptors (Lipinski definition) is 5. The van der Waals surface area contributed by atoms with Gasteiger partial charge in [-0.15, -0.1) is 6.58 Å². The van der Waals surface area contributed by atoms with Crippen molar-refractivity contribution in [2.45, 2.75) is 19.1 Å². The van der Waals surface area contributed by atoms with Gasteiger partial charge in [0.2, 0.25) is 0 Å². The number of aliphatic hydroxyl groups is 2. The van der Waals surface area contributed by atoms with Crippen LogP contribution >= 0.6 is 0 Å². The smallest absolute Gasteiger partial charge is 0.101 e. The second kappa shape index (κ2) is 11.0. The average Bonchev–Trinajstić information content (AvgIpc) is 2.26. The van der Waals surface area contributed by atoms with Gasteiger partial charge in [0, 0.05) is 6.61 Å². The molecule has 0 fully saturated rings. The van der Waals surface area contributed by atoms with Crippen LogP contribution in [0, 0.1) is 0 Å². The van der Waals surface area contributed by atoms with Crippen molar-refractivity contribution in [2.75, 3.05) is 39.6 Å². The van der Waals surface area contributed by atoms with Crippen molar-refractivity contribution in [1.82, 2.24) is 0 Å². The lowest BCUT2D eigenvalue weighted by Gasteiger charge is -2.14. The van der Waals surface area contributed by atoms with E-state index in [4.69, 9.17) is 14.2 Å². The molecule has 5 heteroatoms. The first-order valence-electron chi connectivity index (χ1n) is 5.41. The number of ether oxygens (including phenoxy) is 3. The van der Waals surface area contributed by atoms with Gasteiger partial charge in [-0.1, -0.05) is 6.08 Å². The molecule has 0 aromatic rings. The predicted molar refractivity (Wildman–Crippen MR) is 60.3 cm³/mol. The van der Waals surface area contributed by atoms with E-state index in [0.717, 1.165) is 0 Å². The van der Waals surface area contributed by atoms with Crippen LogP contribution in [-0.4, -0.2) is 62.1 Å². The molecule has 2 atom stereocenters. The van der Waals surface area contributed by atoms with Crippen LogP contribution in [0.1, 0.15) is 6.92 Å². The van der Waals surface area contributed by atoms with Crippen LogP contribution in [0.5, 0.6) is 0 Å². The highest BCUT2D eigenvalue weighted by atomic mass is 16.5. The van der Waals surface area contributed by atoms with Gasteiger partial charge in [0.15, 0.2) is 0 Å². The molecular formula is C11H22O5. The van der Waals surface area contributed by atoms with Crippen molar-refractivity contribution in [3.8, 4) is 0 Å². The Labute approximate surface area is 96.6 Å². The van der Waals surface area contributed by atoms with Crippen molar-refractivity contribution in [2.24, 2.45) is 0 Å². The number of rotatable bonds is 11. The van der Waals surface area contributed by atoms with Crippen LogP contribution in [0.2, 0.25) is 0 Å². The highest BCUT2D eigenvalue weighted by Crippen LogP contribution is 1.92.